The monoisotopic (exact) mass is 476 g/mol. The summed E-state index contributed by atoms with van der Waals surface area (Å²) in [6, 6.07) is 23.7. The number of fused-ring (bicyclic) bond motifs is 7. The molecule has 0 atom stereocenters. The first-order chi connectivity index (χ1) is 17.0. The van der Waals surface area contributed by atoms with Crippen LogP contribution in [0.4, 0.5) is 0 Å². The SMILES string of the molecule is COc1ccc(-c2cc3c(O)cc4c(c3cc2C)-c2ccccc2C42CC(C)(C)CC(C)(C)C2)cc1. The van der Waals surface area contributed by atoms with Crippen molar-refractivity contribution in [2.45, 2.75) is 59.3 Å². The van der Waals surface area contributed by atoms with Gasteiger partial charge in [0.1, 0.15) is 11.5 Å². The highest BCUT2D eigenvalue weighted by Crippen LogP contribution is 2.64. The molecule has 2 aliphatic carbocycles. The summed E-state index contributed by atoms with van der Waals surface area (Å²) in [5, 5.41) is 13.6. The van der Waals surface area contributed by atoms with Gasteiger partial charge in [-0.15, -0.1) is 0 Å². The van der Waals surface area contributed by atoms with Crippen LogP contribution in [-0.4, -0.2) is 12.2 Å². The van der Waals surface area contributed by atoms with E-state index in [-0.39, 0.29) is 16.2 Å². The zero-order valence-electron chi connectivity index (χ0n) is 22.3. The molecular formula is C34H36O2. The zero-order valence-corrected chi connectivity index (χ0v) is 22.3. The van der Waals surface area contributed by atoms with Gasteiger partial charge in [-0.25, -0.2) is 0 Å². The Labute approximate surface area is 215 Å². The Morgan fingerprint density at radius 1 is 0.722 bits per heavy atom. The smallest absolute Gasteiger partial charge is 0.123 e. The highest BCUT2D eigenvalue weighted by atomic mass is 16.5. The Morgan fingerprint density at radius 2 is 1.39 bits per heavy atom. The number of hydrogen-bond acceptors (Lipinski definition) is 2. The summed E-state index contributed by atoms with van der Waals surface area (Å²) in [7, 11) is 1.69. The summed E-state index contributed by atoms with van der Waals surface area (Å²) in [5.74, 6) is 1.23. The van der Waals surface area contributed by atoms with Crippen LogP contribution in [0.5, 0.6) is 11.5 Å². The molecule has 1 saturated carbocycles. The average molecular weight is 477 g/mol. The van der Waals surface area contributed by atoms with E-state index in [1.807, 2.05) is 12.1 Å². The number of phenols is 1. The van der Waals surface area contributed by atoms with Crippen LogP contribution in [-0.2, 0) is 5.41 Å². The van der Waals surface area contributed by atoms with E-state index in [0.717, 1.165) is 40.5 Å². The molecule has 1 N–H and O–H groups in total. The fraction of sp³-hybridized carbons (Fsp3) is 0.353. The van der Waals surface area contributed by atoms with Crippen LogP contribution >= 0.6 is 0 Å². The molecule has 2 nitrogen and oxygen atoms in total. The summed E-state index contributed by atoms with van der Waals surface area (Å²) in [6.45, 7) is 11.9. The highest BCUT2D eigenvalue weighted by Gasteiger charge is 2.53. The van der Waals surface area contributed by atoms with Crippen LogP contribution in [0.1, 0.15) is 63.6 Å². The van der Waals surface area contributed by atoms with Crippen molar-refractivity contribution in [3.05, 3.63) is 83.4 Å². The molecule has 0 aliphatic heterocycles. The van der Waals surface area contributed by atoms with Crippen molar-refractivity contribution in [1.29, 1.82) is 0 Å². The summed E-state index contributed by atoms with van der Waals surface area (Å²) in [5.41, 5.74) is 9.23. The Kier molecular flexibility index (Phi) is 4.90. The lowest BCUT2D eigenvalue weighted by Gasteiger charge is -2.51. The zero-order chi connectivity index (χ0) is 25.5. The third-order valence-electron chi connectivity index (χ3n) is 8.61. The molecule has 0 bridgehead atoms. The fourth-order valence-corrected chi connectivity index (χ4v) is 8.07. The van der Waals surface area contributed by atoms with Crippen LogP contribution in [0, 0.1) is 17.8 Å². The Balaban J connectivity index is 1.63. The minimum Gasteiger partial charge on any atom is -0.507 e. The van der Waals surface area contributed by atoms with Crippen molar-refractivity contribution < 1.29 is 9.84 Å². The summed E-state index contributed by atoms with van der Waals surface area (Å²) in [4.78, 5) is 0. The van der Waals surface area contributed by atoms with Crippen molar-refractivity contribution in [2.75, 3.05) is 7.11 Å². The van der Waals surface area contributed by atoms with Crippen molar-refractivity contribution in [1.82, 2.24) is 0 Å². The Bertz CT molecular complexity index is 1490. The van der Waals surface area contributed by atoms with Crippen LogP contribution in [0.15, 0.2) is 66.7 Å². The van der Waals surface area contributed by atoms with E-state index in [0.29, 0.717) is 5.75 Å². The summed E-state index contributed by atoms with van der Waals surface area (Å²) < 4.78 is 5.35. The predicted octanol–water partition coefficient (Wildman–Crippen LogP) is 9.03. The third kappa shape index (κ3) is 3.38. The molecule has 0 saturated heterocycles. The summed E-state index contributed by atoms with van der Waals surface area (Å²) in [6.07, 6.45) is 3.41. The lowest BCUT2D eigenvalue weighted by Crippen LogP contribution is -2.43. The highest BCUT2D eigenvalue weighted by molar-refractivity contribution is 6.07. The van der Waals surface area contributed by atoms with Gasteiger partial charge in [0.05, 0.1) is 7.11 Å². The van der Waals surface area contributed by atoms with Crippen molar-refractivity contribution >= 4 is 10.8 Å². The molecule has 184 valence electrons. The van der Waals surface area contributed by atoms with Gasteiger partial charge < -0.3 is 9.84 Å². The maximum atomic E-state index is 11.5. The molecule has 36 heavy (non-hydrogen) atoms. The van der Waals surface area contributed by atoms with E-state index < -0.39 is 0 Å². The molecule has 4 aromatic rings. The molecule has 1 spiro atoms. The summed E-state index contributed by atoms with van der Waals surface area (Å²) >= 11 is 0. The van der Waals surface area contributed by atoms with E-state index in [2.05, 4.69) is 89.2 Å². The second-order valence-electron chi connectivity index (χ2n) is 12.7. The van der Waals surface area contributed by atoms with Crippen LogP contribution in [0.2, 0.25) is 0 Å². The van der Waals surface area contributed by atoms with Crippen LogP contribution < -0.4 is 4.74 Å². The molecule has 0 heterocycles. The number of ether oxygens (including phenoxy) is 1. The van der Waals surface area contributed by atoms with E-state index >= 15 is 0 Å². The molecule has 6 rings (SSSR count). The van der Waals surface area contributed by atoms with Crippen molar-refractivity contribution in [2.24, 2.45) is 10.8 Å². The number of hydrogen-bond donors (Lipinski definition) is 1. The molecule has 0 unspecified atom stereocenters. The van der Waals surface area contributed by atoms with Crippen molar-refractivity contribution in [3.63, 3.8) is 0 Å². The predicted molar refractivity (Wildman–Crippen MR) is 150 cm³/mol. The van der Waals surface area contributed by atoms with E-state index in [4.69, 9.17) is 4.74 Å². The third-order valence-corrected chi connectivity index (χ3v) is 8.61. The van der Waals surface area contributed by atoms with Crippen LogP contribution in [0.25, 0.3) is 33.0 Å². The van der Waals surface area contributed by atoms with Gasteiger partial charge in [-0.05, 0) is 106 Å². The number of phenolic OH excluding ortho intramolecular Hbond substituents is 1. The fourth-order valence-electron chi connectivity index (χ4n) is 8.07. The van der Waals surface area contributed by atoms with Gasteiger partial charge >= 0.3 is 0 Å². The number of benzene rings is 4. The van der Waals surface area contributed by atoms with Gasteiger partial charge in [-0.3, -0.25) is 0 Å². The minimum absolute atomic E-state index is 0.0780. The first kappa shape index (κ1) is 23.2. The quantitative estimate of drug-likeness (QED) is 0.313. The maximum absolute atomic E-state index is 11.5. The number of aromatic hydroxyl groups is 1. The second-order valence-corrected chi connectivity index (χ2v) is 12.7. The molecule has 4 aromatic carbocycles. The largest absolute Gasteiger partial charge is 0.507 e. The average Bonchev–Trinajstić information content (AvgIpc) is 3.05. The standard InChI is InChI=1S/C34H36O2/c1-21-15-27-26(16-25(21)22-11-13-23(36-6)14-12-22)30(35)17-29-31(27)24-9-7-8-10-28(24)34(29)19-32(2,3)18-33(4,5)20-34/h7-17,35H,18-20H2,1-6H3. The minimum atomic E-state index is -0.0780. The topological polar surface area (TPSA) is 29.5 Å². The number of aryl methyl sites for hydroxylation is 1. The normalized spacial score (nSPS) is 18.7. The number of methoxy groups -OCH3 is 1. The molecule has 0 aromatic heterocycles. The Hall–Kier alpha value is -3.26. The first-order valence-corrected chi connectivity index (χ1v) is 13.1. The van der Waals surface area contributed by atoms with Gasteiger partial charge in [-0.1, -0.05) is 70.2 Å². The molecular weight excluding hydrogens is 440 g/mol. The van der Waals surface area contributed by atoms with E-state index in [1.54, 1.807) is 7.11 Å². The molecule has 1 fully saturated rings. The van der Waals surface area contributed by atoms with Gasteiger partial charge in [-0.2, -0.15) is 0 Å². The van der Waals surface area contributed by atoms with Gasteiger partial charge in [0.15, 0.2) is 0 Å². The molecule has 0 radical (unpaired) electrons. The van der Waals surface area contributed by atoms with Gasteiger partial charge in [0.2, 0.25) is 0 Å². The Morgan fingerprint density at radius 3 is 2.06 bits per heavy atom. The van der Waals surface area contributed by atoms with E-state index in [9.17, 15) is 5.11 Å². The molecule has 0 amide bonds. The first-order valence-electron chi connectivity index (χ1n) is 13.1. The van der Waals surface area contributed by atoms with Crippen molar-refractivity contribution in [3.8, 4) is 33.8 Å². The maximum Gasteiger partial charge on any atom is 0.123 e. The van der Waals surface area contributed by atoms with E-state index in [1.165, 1.54) is 34.2 Å². The second kappa shape index (κ2) is 7.62. The molecule has 2 aliphatic rings. The lowest BCUT2D eigenvalue weighted by atomic mass is 9.52. The van der Waals surface area contributed by atoms with Gasteiger partial charge in [0, 0.05) is 10.8 Å². The molecule has 2 heteroatoms. The number of rotatable bonds is 2. The lowest BCUT2D eigenvalue weighted by molar-refractivity contribution is 0.0645. The van der Waals surface area contributed by atoms with Gasteiger partial charge in [0.25, 0.3) is 0 Å². The van der Waals surface area contributed by atoms with Crippen LogP contribution in [0.3, 0.4) is 0 Å².